The number of nitrogens with one attached hydrogen (secondary N) is 1. The van der Waals surface area contributed by atoms with E-state index in [4.69, 9.17) is 10.7 Å². The Kier molecular flexibility index (Phi) is 5.24. The van der Waals surface area contributed by atoms with Crippen molar-refractivity contribution in [1.82, 2.24) is 29.8 Å². The third-order valence-electron chi connectivity index (χ3n) is 5.26. The molecule has 0 fully saturated rings. The number of nitrogens with zero attached hydrogens (tertiary/aromatic N) is 5. The summed E-state index contributed by atoms with van der Waals surface area (Å²) in [5.41, 5.74) is 11.7. The van der Waals surface area contributed by atoms with Crippen molar-refractivity contribution in [3.63, 3.8) is 0 Å². The molecule has 0 saturated heterocycles. The van der Waals surface area contributed by atoms with Crippen molar-refractivity contribution in [2.45, 2.75) is 13.5 Å². The number of benzene rings is 1. The maximum atomic E-state index is 12.3. The number of imidazole rings is 1. The summed E-state index contributed by atoms with van der Waals surface area (Å²) in [6, 6.07) is 18.8. The molecule has 0 aliphatic rings. The summed E-state index contributed by atoms with van der Waals surface area (Å²) in [7, 11) is 0. The van der Waals surface area contributed by atoms with Crippen molar-refractivity contribution in [2.24, 2.45) is 0 Å². The van der Waals surface area contributed by atoms with Crippen molar-refractivity contribution < 1.29 is 4.79 Å². The lowest BCUT2D eigenvalue weighted by molar-refractivity contribution is 0.0946. The van der Waals surface area contributed by atoms with Gasteiger partial charge in [-0.05, 0) is 60.5 Å². The Labute approximate surface area is 190 Å². The van der Waals surface area contributed by atoms with Gasteiger partial charge in [0.15, 0.2) is 11.5 Å². The molecule has 4 heterocycles. The van der Waals surface area contributed by atoms with E-state index in [-0.39, 0.29) is 5.91 Å². The molecule has 0 atom stereocenters. The first-order valence-corrected chi connectivity index (χ1v) is 10.4. The van der Waals surface area contributed by atoms with E-state index in [0.717, 1.165) is 33.5 Å². The standard InChI is InChI=1S/C25H21N7O/c1-16-13-21-24(29-14-16)32(23(31-21)19-5-4-12-28-22(19)26)18-9-7-17(8-10-18)15-30-25(33)20-6-2-3-11-27-20/h2-14H,15H2,1H3,(H2,26,28)(H,30,33). The first-order chi connectivity index (χ1) is 16.1. The van der Waals surface area contributed by atoms with Crippen molar-refractivity contribution in [2.75, 3.05) is 5.73 Å². The van der Waals surface area contributed by atoms with Crippen LogP contribution in [0.5, 0.6) is 0 Å². The number of carbonyl (C=O) groups excluding carboxylic acids is 1. The summed E-state index contributed by atoms with van der Waals surface area (Å²) < 4.78 is 1.97. The van der Waals surface area contributed by atoms with Crippen LogP contribution >= 0.6 is 0 Å². The van der Waals surface area contributed by atoms with E-state index in [0.29, 0.717) is 23.9 Å². The van der Waals surface area contributed by atoms with Gasteiger partial charge in [-0.2, -0.15) is 0 Å². The molecule has 1 aromatic carbocycles. The van der Waals surface area contributed by atoms with Gasteiger partial charge in [0.2, 0.25) is 0 Å². The van der Waals surface area contributed by atoms with Crippen LogP contribution in [0.25, 0.3) is 28.2 Å². The number of fused-ring (bicyclic) bond motifs is 1. The highest BCUT2D eigenvalue weighted by Crippen LogP contribution is 2.30. The van der Waals surface area contributed by atoms with E-state index in [1.54, 1.807) is 30.6 Å². The molecule has 0 aliphatic heterocycles. The van der Waals surface area contributed by atoms with Crippen LogP contribution in [0.15, 0.2) is 79.3 Å². The molecule has 0 spiro atoms. The van der Waals surface area contributed by atoms with E-state index in [9.17, 15) is 4.79 Å². The van der Waals surface area contributed by atoms with Crippen LogP contribution in [0, 0.1) is 6.92 Å². The zero-order valence-electron chi connectivity index (χ0n) is 17.9. The minimum Gasteiger partial charge on any atom is -0.383 e. The lowest BCUT2D eigenvalue weighted by atomic mass is 10.2. The second kappa shape index (κ2) is 8.51. The lowest BCUT2D eigenvalue weighted by Gasteiger charge is -2.11. The Hall–Kier alpha value is -4.59. The molecule has 33 heavy (non-hydrogen) atoms. The fourth-order valence-electron chi connectivity index (χ4n) is 3.63. The number of carbonyl (C=O) groups is 1. The van der Waals surface area contributed by atoms with Crippen LogP contribution in [0.3, 0.4) is 0 Å². The summed E-state index contributed by atoms with van der Waals surface area (Å²) in [6.07, 6.45) is 5.07. The van der Waals surface area contributed by atoms with E-state index >= 15 is 0 Å². The Morgan fingerprint density at radius 2 is 1.82 bits per heavy atom. The van der Waals surface area contributed by atoms with Gasteiger partial charge in [-0.3, -0.25) is 14.3 Å². The second-order valence-corrected chi connectivity index (χ2v) is 7.63. The van der Waals surface area contributed by atoms with Gasteiger partial charge in [-0.25, -0.2) is 15.0 Å². The maximum Gasteiger partial charge on any atom is 0.270 e. The molecule has 0 aliphatic carbocycles. The highest BCUT2D eigenvalue weighted by atomic mass is 16.1. The molecule has 4 aromatic heterocycles. The van der Waals surface area contributed by atoms with E-state index in [1.807, 2.05) is 60.2 Å². The van der Waals surface area contributed by atoms with Crippen LogP contribution in [0.1, 0.15) is 21.6 Å². The van der Waals surface area contributed by atoms with Crippen molar-refractivity contribution in [3.05, 3.63) is 96.1 Å². The second-order valence-electron chi connectivity index (χ2n) is 7.63. The van der Waals surface area contributed by atoms with Gasteiger partial charge in [-0.15, -0.1) is 0 Å². The zero-order valence-corrected chi connectivity index (χ0v) is 17.9. The predicted molar refractivity (Wildman–Crippen MR) is 127 cm³/mol. The summed E-state index contributed by atoms with van der Waals surface area (Å²) in [5, 5.41) is 2.89. The normalized spacial score (nSPS) is 10.9. The minimum atomic E-state index is -0.214. The first kappa shape index (κ1) is 20.3. The van der Waals surface area contributed by atoms with E-state index in [2.05, 4.69) is 20.3 Å². The largest absolute Gasteiger partial charge is 0.383 e. The Balaban J connectivity index is 1.48. The molecule has 0 radical (unpaired) electrons. The number of amides is 1. The number of rotatable bonds is 5. The Morgan fingerprint density at radius 1 is 1.00 bits per heavy atom. The van der Waals surface area contributed by atoms with Crippen LogP contribution < -0.4 is 11.1 Å². The van der Waals surface area contributed by atoms with Crippen LogP contribution in [0.4, 0.5) is 5.82 Å². The Morgan fingerprint density at radius 3 is 2.58 bits per heavy atom. The number of aromatic nitrogens is 5. The first-order valence-electron chi connectivity index (χ1n) is 10.4. The molecule has 8 heteroatoms. The number of nitrogens with two attached hydrogens (primary N) is 1. The predicted octanol–water partition coefficient (Wildman–Crippen LogP) is 3.70. The van der Waals surface area contributed by atoms with Crippen LogP contribution in [-0.4, -0.2) is 30.4 Å². The molecule has 162 valence electrons. The van der Waals surface area contributed by atoms with Gasteiger partial charge >= 0.3 is 0 Å². The molecular weight excluding hydrogens is 414 g/mol. The lowest BCUT2D eigenvalue weighted by Crippen LogP contribution is -2.23. The number of hydrogen-bond acceptors (Lipinski definition) is 6. The average molecular weight is 435 g/mol. The van der Waals surface area contributed by atoms with Gasteiger partial charge in [0.05, 0.1) is 5.56 Å². The number of aryl methyl sites for hydroxylation is 1. The van der Waals surface area contributed by atoms with Crippen molar-refractivity contribution in [3.8, 4) is 17.1 Å². The number of anilines is 1. The van der Waals surface area contributed by atoms with Crippen molar-refractivity contribution in [1.29, 1.82) is 0 Å². The molecule has 5 rings (SSSR count). The molecule has 0 bridgehead atoms. The number of pyridine rings is 3. The third kappa shape index (κ3) is 4.01. The van der Waals surface area contributed by atoms with Crippen molar-refractivity contribution >= 4 is 22.9 Å². The van der Waals surface area contributed by atoms with E-state index in [1.165, 1.54) is 0 Å². The molecule has 1 amide bonds. The molecular formula is C25H21N7O. The highest BCUT2D eigenvalue weighted by molar-refractivity contribution is 5.92. The number of hydrogen-bond donors (Lipinski definition) is 2. The molecule has 5 aromatic rings. The van der Waals surface area contributed by atoms with Gasteiger partial charge in [0.1, 0.15) is 17.0 Å². The minimum absolute atomic E-state index is 0.214. The molecule has 8 nitrogen and oxygen atoms in total. The summed E-state index contributed by atoms with van der Waals surface area (Å²) in [6.45, 7) is 2.37. The SMILES string of the molecule is Cc1cnc2c(c1)nc(-c1cccnc1N)n2-c1ccc(CNC(=O)c2ccccn2)cc1. The summed E-state index contributed by atoms with van der Waals surface area (Å²) in [5.74, 6) is 0.860. The molecule has 0 unspecified atom stereocenters. The maximum absolute atomic E-state index is 12.3. The van der Waals surface area contributed by atoms with Gasteiger partial charge in [0, 0.05) is 30.8 Å². The van der Waals surface area contributed by atoms with E-state index < -0.39 is 0 Å². The van der Waals surface area contributed by atoms with Gasteiger partial charge in [-0.1, -0.05) is 18.2 Å². The van der Waals surface area contributed by atoms with Gasteiger partial charge < -0.3 is 11.1 Å². The smallest absolute Gasteiger partial charge is 0.270 e. The van der Waals surface area contributed by atoms with Crippen LogP contribution in [0.2, 0.25) is 0 Å². The number of nitrogen functional groups attached to an aromatic ring is 1. The average Bonchev–Trinajstić information content (AvgIpc) is 3.22. The fraction of sp³-hybridized carbons (Fsp3) is 0.0800. The monoisotopic (exact) mass is 435 g/mol. The summed E-state index contributed by atoms with van der Waals surface area (Å²) in [4.78, 5) is 30.0. The molecule has 0 saturated carbocycles. The quantitative estimate of drug-likeness (QED) is 0.435. The fourth-order valence-corrected chi connectivity index (χ4v) is 3.63. The zero-order chi connectivity index (χ0) is 22.8. The highest BCUT2D eigenvalue weighted by Gasteiger charge is 2.18. The Bertz CT molecular complexity index is 1440. The van der Waals surface area contributed by atoms with Crippen LogP contribution in [-0.2, 0) is 6.54 Å². The third-order valence-corrected chi connectivity index (χ3v) is 5.26. The summed E-state index contributed by atoms with van der Waals surface area (Å²) >= 11 is 0. The van der Waals surface area contributed by atoms with Gasteiger partial charge in [0.25, 0.3) is 5.91 Å². The topological polar surface area (TPSA) is 112 Å². The molecule has 3 N–H and O–H groups in total.